The Hall–Kier alpha value is -1.51. The van der Waals surface area contributed by atoms with Crippen molar-refractivity contribution < 1.29 is 0 Å². The van der Waals surface area contributed by atoms with E-state index in [4.69, 9.17) is 17.3 Å². The summed E-state index contributed by atoms with van der Waals surface area (Å²) >= 11 is 6.27. The van der Waals surface area contributed by atoms with Crippen LogP contribution in [0.15, 0.2) is 42.5 Å². The zero-order valence-corrected chi connectivity index (χ0v) is 13.0. The minimum atomic E-state index is 0.256. The van der Waals surface area contributed by atoms with E-state index in [-0.39, 0.29) is 6.04 Å². The third-order valence-corrected chi connectivity index (χ3v) is 4.14. The third kappa shape index (κ3) is 3.33. The lowest BCUT2D eigenvalue weighted by Gasteiger charge is -2.26. The molecule has 1 atom stereocenters. The second-order valence-electron chi connectivity index (χ2n) is 5.30. The lowest BCUT2D eigenvalue weighted by Crippen LogP contribution is -2.22. The van der Waals surface area contributed by atoms with Crippen LogP contribution in [0.2, 0.25) is 5.02 Å². The molecule has 0 radical (unpaired) electrons. The van der Waals surface area contributed by atoms with Crippen LogP contribution in [0.4, 0.5) is 5.69 Å². The van der Waals surface area contributed by atoms with Gasteiger partial charge in [0.25, 0.3) is 0 Å². The molecule has 0 saturated carbocycles. The van der Waals surface area contributed by atoms with Crippen molar-refractivity contribution >= 4 is 17.3 Å². The SMILES string of the molecule is Cc1ccc(CN(C)C(C)c2ccccc2Cl)cc1N. The van der Waals surface area contributed by atoms with Gasteiger partial charge >= 0.3 is 0 Å². The molecule has 2 N–H and O–H groups in total. The fourth-order valence-electron chi connectivity index (χ4n) is 2.26. The quantitative estimate of drug-likeness (QED) is 0.844. The van der Waals surface area contributed by atoms with Gasteiger partial charge in [0, 0.05) is 23.3 Å². The van der Waals surface area contributed by atoms with Gasteiger partial charge in [0.1, 0.15) is 0 Å². The first-order chi connectivity index (χ1) is 9.49. The molecule has 0 heterocycles. The van der Waals surface area contributed by atoms with Crippen molar-refractivity contribution in [2.24, 2.45) is 0 Å². The maximum atomic E-state index is 6.27. The highest BCUT2D eigenvalue weighted by Gasteiger charge is 2.14. The van der Waals surface area contributed by atoms with Gasteiger partial charge < -0.3 is 5.73 Å². The number of hydrogen-bond acceptors (Lipinski definition) is 2. The van der Waals surface area contributed by atoms with E-state index in [9.17, 15) is 0 Å². The molecule has 2 rings (SSSR count). The Kier molecular flexibility index (Phi) is 4.69. The van der Waals surface area contributed by atoms with Crippen LogP contribution in [-0.4, -0.2) is 11.9 Å². The highest BCUT2D eigenvalue weighted by atomic mass is 35.5. The molecule has 0 amide bonds. The van der Waals surface area contributed by atoms with Crippen molar-refractivity contribution in [3.05, 3.63) is 64.2 Å². The van der Waals surface area contributed by atoms with Gasteiger partial charge in [-0.15, -0.1) is 0 Å². The van der Waals surface area contributed by atoms with Crippen molar-refractivity contribution in [1.29, 1.82) is 0 Å². The average Bonchev–Trinajstić information content (AvgIpc) is 2.42. The highest BCUT2D eigenvalue weighted by molar-refractivity contribution is 6.31. The van der Waals surface area contributed by atoms with Gasteiger partial charge in [-0.2, -0.15) is 0 Å². The van der Waals surface area contributed by atoms with Crippen LogP contribution in [0.3, 0.4) is 0 Å². The van der Waals surface area contributed by atoms with E-state index < -0.39 is 0 Å². The Morgan fingerprint density at radius 2 is 1.90 bits per heavy atom. The Bertz CT molecular complexity index is 595. The Morgan fingerprint density at radius 1 is 1.20 bits per heavy atom. The number of rotatable bonds is 4. The molecule has 0 aromatic heterocycles. The van der Waals surface area contributed by atoms with E-state index in [0.29, 0.717) is 0 Å². The average molecular weight is 289 g/mol. The molecule has 0 fully saturated rings. The summed E-state index contributed by atoms with van der Waals surface area (Å²) in [6.45, 7) is 5.03. The van der Waals surface area contributed by atoms with Crippen LogP contribution < -0.4 is 5.73 Å². The van der Waals surface area contributed by atoms with Gasteiger partial charge in [0.15, 0.2) is 0 Å². The molecule has 2 nitrogen and oxygen atoms in total. The van der Waals surface area contributed by atoms with Crippen LogP contribution in [0.5, 0.6) is 0 Å². The molecule has 2 aromatic carbocycles. The first-order valence-corrected chi connectivity index (χ1v) is 7.16. The summed E-state index contributed by atoms with van der Waals surface area (Å²) in [4.78, 5) is 2.27. The summed E-state index contributed by atoms with van der Waals surface area (Å²) in [7, 11) is 2.10. The second kappa shape index (κ2) is 6.29. The van der Waals surface area contributed by atoms with Gasteiger partial charge in [-0.3, -0.25) is 4.90 Å². The van der Waals surface area contributed by atoms with E-state index in [1.807, 2.05) is 31.2 Å². The van der Waals surface area contributed by atoms with Crippen LogP contribution in [0.1, 0.15) is 29.7 Å². The molecule has 0 bridgehead atoms. The molecule has 1 unspecified atom stereocenters. The topological polar surface area (TPSA) is 29.3 Å². The minimum absolute atomic E-state index is 0.256. The Balaban J connectivity index is 2.13. The van der Waals surface area contributed by atoms with Crippen molar-refractivity contribution in [2.75, 3.05) is 12.8 Å². The van der Waals surface area contributed by atoms with Crippen LogP contribution in [0, 0.1) is 6.92 Å². The molecule has 0 aliphatic rings. The number of anilines is 1. The number of aryl methyl sites for hydroxylation is 1. The van der Waals surface area contributed by atoms with E-state index >= 15 is 0 Å². The maximum absolute atomic E-state index is 6.27. The summed E-state index contributed by atoms with van der Waals surface area (Å²) in [6, 6.07) is 14.5. The van der Waals surface area contributed by atoms with Gasteiger partial charge in [-0.05, 0) is 49.7 Å². The molecule has 0 aliphatic carbocycles. The lowest BCUT2D eigenvalue weighted by atomic mass is 10.1. The first-order valence-electron chi connectivity index (χ1n) is 6.78. The molecule has 0 aliphatic heterocycles. The number of halogens is 1. The summed E-state index contributed by atoms with van der Waals surface area (Å²) in [6.07, 6.45) is 0. The molecular formula is C17H21ClN2. The standard InChI is InChI=1S/C17H21ClN2/c1-12-8-9-14(10-17(12)19)11-20(3)13(2)15-6-4-5-7-16(15)18/h4-10,13H,11,19H2,1-3H3. The summed E-state index contributed by atoms with van der Waals surface area (Å²) < 4.78 is 0. The van der Waals surface area contributed by atoms with Crippen LogP contribution in [-0.2, 0) is 6.54 Å². The fraction of sp³-hybridized carbons (Fsp3) is 0.294. The first kappa shape index (κ1) is 14.9. The number of benzene rings is 2. The Labute approximate surface area is 126 Å². The highest BCUT2D eigenvalue weighted by Crippen LogP contribution is 2.27. The van der Waals surface area contributed by atoms with Gasteiger partial charge in [0.2, 0.25) is 0 Å². The molecule has 0 spiro atoms. The predicted molar refractivity (Wildman–Crippen MR) is 86.9 cm³/mol. The van der Waals surface area contributed by atoms with E-state index in [1.165, 1.54) is 5.56 Å². The van der Waals surface area contributed by atoms with Gasteiger partial charge in [-0.25, -0.2) is 0 Å². The smallest absolute Gasteiger partial charge is 0.0453 e. The Morgan fingerprint density at radius 3 is 2.55 bits per heavy atom. The second-order valence-corrected chi connectivity index (χ2v) is 5.71. The van der Waals surface area contributed by atoms with Gasteiger partial charge in [-0.1, -0.05) is 41.9 Å². The lowest BCUT2D eigenvalue weighted by molar-refractivity contribution is 0.253. The van der Waals surface area contributed by atoms with Crippen molar-refractivity contribution in [1.82, 2.24) is 4.90 Å². The number of nitrogen functional groups attached to an aromatic ring is 1. The minimum Gasteiger partial charge on any atom is -0.399 e. The molecular weight excluding hydrogens is 268 g/mol. The molecule has 3 heteroatoms. The zero-order valence-electron chi connectivity index (χ0n) is 12.2. The molecule has 20 heavy (non-hydrogen) atoms. The monoisotopic (exact) mass is 288 g/mol. The molecule has 106 valence electrons. The molecule has 0 saturated heterocycles. The third-order valence-electron chi connectivity index (χ3n) is 3.79. The fourth-order valence-corrected chi connectivity index (χ4v) is 2.56. The van der Waals surface area contributed by atoms with E-state index in [1.54, 1.807) is 0 Å². The largest absolute Gasteiger partial charge is 0.399 e. The van der Waals surface area contributed by atoms with Crippen LogP contribution in [0.25, 0.3) is 0 Å². The number of nitrogens with two attached hydrogens (primary N) is 1. The van der Waals surface area contributed by atoms with Crippen molar-refractivity contribution in [3.8, 4) is 0 Å². The summed E-state index contributed by atoms with van der Waals surface area (Å²) in [5, 5.41) is 0.815. The normalized spacial score (nSPS) is 12.7. The maximum Gasteiger partial charge on any atom is 0.0453 e. The van der Waals surface area contributed by atoms with Crippen molar-refractivity contribution in [3.63, 3.8) is 0 Å². The summed E-state index contributed by atoms with van der Waals surface area (Å²) in [5.74, 6) is 0. The number of hydrogen-bond donors (Lipinski definition) is 1. The van der Waals surface area contributed by atoms with Gasteiger partial charge in [0.05, 0.1) is 0 Å². The van der Waals surface area contributed by atoms with Crippen molar-refractivity contribution in [2.45, 2.75) is 26.4 Å². The zero-order chi connectivity index (χ0) is 14.7. The molecule has 2 aromatic rings. The number of nitrogens with zero attached hydrogens (tertiary/aromatic N) is 1. The predicted octanol–water partition coefficient (Wildman–Crippen LogP) is 4.42. The van der Waals surface area contributed by atoms with E-state index in [2.05, 4.69) is 37.1 Å². The van der Waals surface area contributed by atoms with Crippen LogP contribution >= 0.6 is 11.6 Å². The summed E-state index contributed by atoms with van der Waals surface area (Å²) in [5.41, 5.74) is 10.3. The van der Waals surface area contributed by atoms with E-state index in [0.717, 1.165) is 28.4 Å².